The van der Waals surface area contributed by atoms with Gasteiger partial charge in [0.2, 0.25) is 5.91 Å². The first-order valence-corrected chi connectivity index (χ1v) is 7.18. The molecule has 1 aliphatic heterocycles. The number of carbonyl (C=O) groups excluding carboxylic acids is 2. The van der Waals surface area contributed by atoms with Crippen molar-refractivity contribution in [3.05, 3.63) is 36.2 Å². The zero-order valence-electron chi connectivity index (χ0n) is 12.4. The van der Waals surface area contributed by atoms with E-state index in [1.807, 2.05) is 0 Å². The topological polar surface area (TPSA) is 90.5 Å². The number of carbonyl (C=O) groups is 2. The van der Waals surface area contributed by atoms with Gasteiger partial charge in [0.1, 0.15) is 6.04 Å². The molecule has 0 unspecified atom stereocenters. The largest absolute Gasteiger partial charge is 0.343 e. The van der Waals surface area contributed by atoms with E-state index in [1.165, 1.54) is 6.07 Å². The molecule has 0 spiro atoms. The number of aromatic nitrogens is 2. The smallest absolute Gasteiger partial charge is 0.268 e. The Morgan fingerprint density at radius 2 is 2.25 bits per heavy atom. The van der Waals surface area contributed by atoms with Crippen LogP contribution in [0.1, 0.15) is 16.8 Å². The first kappa shape index (κ1) is 15.9. The zero-order valence-corrected chi connectivity index (χ0v) is 12.4. The summed E-state index contributed by atoms with van der Waals surface area (Å²) >= 11 is 0. The molecule has 1 saturated heterocycles. The third-order valence-electron chi connectivity index (χ3n) is 3.80. The second-order valence-electron chi connectivity index (χ2n) is 5.53. The van der Waals surface area contributed by atoms with E-state index >= 15 is 0 Å². The molecule has 1 fully saturated rings. The first-order valence-electron chi connectivity index (χ1n) is 7.18. The second-order valence-corrected chi connectivity index (χ2v) is 5.53. The van der Waals surface area contributed by atoms with Gasteiger partial charge in [0.05, 0.1) is 24.7 Å². The van der Waals surface area contributed by atoms with Crippen molar-refractivity contribution < 1.29 is 18.4 Å². The van der Waals surface area contributed by atoms with Crippen LogP contribution in [0.3, 0.4) is 0 Å². The first-order chi connectivity index (χ1) is 11.4. The van der Waals surface area contributed by atoms with Gasteiger partial charge in [0.15, 0.2) is 0 Å². The van der Waals surface area contributed by atoms with Crippen LogP contribution in [0.5, 0.6) is 0 Å². The van der Waals surface area contributed by atoms with E-state index < -0.39 is 43.3 Å². The second kappa shape index (κ2) is 5.88. The number of hydrogen-bond donors (Lipinski definition) is 1. The molecule has 2 aromatic heterocycles. The van der Waals surface area contributed by atoms with Crippen molar-refractivity contribution in [2.75, 3.05) is 13.1 Å². The molecule has 1 atom stereocenters. The molecule has 24 heavy (non-hydrogen) atoms. The van der Waals surface area contributed by atoms with Gasteiger partial charge in [-0.1, -0.05) is 0 Å². The van der Waals surface area contributed by atoms with E-state index in [1.54, 1.807) is 35.1 Å². The molecule has 0 aliphatic carbocycles. The number of nitriles is 1. The van der Waals surface area contributed by atoms with E-state index in [0.717, 1.165) is 4.90 Å². The standard InChI is InChI=1S/C15H13F2N5O2/c16-15(17)6-12(7-18)21(9-15)13(23)8-19-14(24)10-2-4-22-11(5-10)1-3-20-22/h1-5,12H,6,8-9H2,(H,19,24)/t12-/m0/s1. The summed E-state index contributed by atoms with van der Waals surface area (Å²) in [5.74, 6) is -4.29. The monoisotopic (exact) mass is 333 g/mol. The lowest BCUT2D eigenvalue weighted by molar-refractivity contribution is -0.131. The summed E-state index contributed by atoms with van der Waals surface area (Å²) in [6.45, 7) is -1.25. The lowest BCUT2D eigenvalue weighted by Gasteiger charge is -2.19. The molecule has 1 N–H and O–H groups in total. The van der Waals surface area contributed by atoms with Gasteiger partial charge in [-0.3, -0.25) is 9.59 Å². The van der Waals surface area contributed by atoms with Crippen LogP contribution in [0.2, 0.25) is 0 Å². The summed E-state index contributed by atoms with van der Waals surface area (Å²) in [6, 6.07) is 5.35. The van der Waals surface area contributed by atoms with Gasteiger partial charge in [0, 0.05) is 24.4 Å². The van der Waals surface area contributed by atoms with E-state index in [-0.39, 0.29) is 0 Å². The van der Waals surface area contributed by atoms with Crippen LogP contribution in [-0.4, -0.2) is 51.4 Å². The summed E-state index contributed by atoms with van der Waals surface area (Å²) < 4.78 is 28.2. The quantitative estimate of drug-likeness (QED) is 0.900. The zero-order chi connectivity index (χ0) is 17.3. The highest BCUT2D eigenvalue weighted by molar-refractivity contribution is 5.97. The van der Waals surface area contributed by atoms with E-state index in [2.05, 4.69) is 10.4 Å². The molecule has 124 valence electrons. The van der Waals surface area contributed by atoms with Crippen molar-refractivity contribution >= 4 is 17.3 Å². The molecule has 3 heterocycles. The van der Waals surface area contributed by atoms with Gasteiger partial charge < -0.3 is 10.2 Å². The van der Waals surface area contributed by atoms with Gasteiger partial charge in [-0.2, -0.15) is 10.4 Å². The minimum absolute atomic E-state index is 0.319. The summed E-state index contributed by atoms with van der Waals surface area (Å²) in [5, 5.41) is 15.3. The van der Waals surface area contributed by atoms with Crippen LogP contribution in [-0.2, 0) is 4.79 Å². The highest BCUT2D eigenvalue weighted by Gasteiger charge is 2.47. The molecule has 0 bridgehead atoms. The minimum atomic E-state index is -3.08. The molecule has 2 aromatic rings. The Bertz CT molecular complexity index is 842. The van der Waals surface area contributed by atoms with Gasteiger partial charge in [0.25, 0.3) is 11.8 Å². The van der Waals surface area contributed by atoms with Crippen LogP contribution in [0.15, 0.2) is 30.6 Å². The maximum Gasteiger partial charge on any atom is 0.268 e. The van der Waals surface area contributed by atoms with Crippen molar-refractivity contribution in [1.29, 1.82) is 5.26 Å². The van der Waals surface area contributed by atoms with Gasteiger partial charge >= 0.3 is 0 Å². The van der Waals surface area contributed by atoms with Crippen LogP contribution < -0.4 is 5.32 Å². The van der Waals surface area contributed by atoms with Crippen LogP contribution in [0, 0.1) is 11.3 Å². The van der Waals surface area contributed by atoms with E-state index in [9.17, 15) is 18.4 Å². The van der Waals surface area contributed by atoms with Crippen molar-refractivity contribution in [2.45, 2.75) is 18.4 Å². The van der Waals surface area contributed by atoms with Crippen LogP contribution >= 0.6 is 0 Å². The molecule has 9 heteroatoms. The average molecular weight is 333 g/mol. The third-order valence-corrected chi connectivity index (χ3v) is 3.80. The maximum atomic E-state index is 13.3. The van der Waals surface area contributed by atoms with Crippen molar-refractivity contribution in [1.82, 2.24) is 19.8 Å². The number of fused-ring (bicyclic) bond motifs is 1. The molecule has 1 aliphatic rings. The molecular weight excluding hydrogens is 320 g/mol. The highest BCUT2D eigenvalue weighted by Crippen LogP contribution is 2.31. The average Bonchev–Trinajstić information content (AvgIpc) is 3.14. The van der Waals surface area contributed by atoms with Crippen molar-refractivity contribution in [2.24, 2.45) is 0 Å². The summed E-state index contributed by atoms with van der Waals surface area (Å²) in [6.07, 6.45) is 2.50. The summed E-state index contributed by atoms with van der Waals surface area (Å²) in [7, 11) is 0. The lowest BCUT2D eigenvalue weighted by Crippen LogP contribution is -2.42. The number of amides is 2. The van der Waals surface area contributed by atoms with E-state index in [4.69, 9.17) is 5.26 Å². The predicted octanol–water partition coefficient (Wildman–Crippen LogP) is 0.824. The third kappa shape index (κ3) is 3.03. The molecule has 3 rings (SSSR count). The Balaban J connectivity index is 1.63. The van der Waals surface area contributed by atoms with Gasteiger partial charge in [-0.25, -0.2) is 13.3 Å². The number of hydrogen-bond acceptors (Lipinski definition) is 4. The maximum absolute atomic E-state index is 13.3. The Labute approximate surface area is 135 Å². The Kier molecular flexibility index (Phi) is 3.89. The SMILES string of the molecule is N#C[C@@H]1CC(F)(F)CN1C(=O)CNC(=O)c1ccn2nccc2c1. The Hall–Kier alpha value is -3.02. The van der Waals surface area contributed by atoms with Gasteiger partial charge in [-0.15, -0.1) is 0 Å². The van der Waals surface area contributed by atoms with Crippen molar-refractivity contribution in [3.8, 4) is 6.07 Å². The Morgan fingerprint density at radius 3 is 3.00 bits per heavy atom. The normalized spacial score (nSPS) is 19.2. The number of likely N-dealkylation sites (tertiary alicyclic amines) is 1. The molecule has 0 saturated carbocycles. The van der Waals surface area contributed by atoms with Crippen molar-refractivity contribution in [3.63, 3.8) is 0 Å². The van der Waals surface area contributed by atoms with Crippen LogP contribution in [0.4, 0.5) is 8.78 Å². The summed E-state index contributed by atoms with van der Waals surface area (Å²) in [5.41, 5.74) is 1.03. The lowest BCUT2D eigenvalue weighted by atomic mass is 10.2. The minimum Gasteiger partial charge on any atom is -0.343 e. The Morgan fingerprint density at radius 1 is 1.46 bits per heavy atom. The number of halogens is 2. The molecule has 0 aromatic carbocycles. The summed E-state index contributed by atoms with van der Waals surface area (Å²) in [4.78, 5) is 24.9. The number of nitrogens with zero attached hydrogens (tertiary/aromatic N) is 4. The number of pyridine rings is 1. The van der Waals surface area contributed by atoms with Gasteiger partial charge in [-0.05, 0) is 18.2 Å². The number of nitrogens with one attached hydrogen (secondary N) is 1. The fourth-order valence-corrected chi connectivity index (χ4v) is 2.62. The fourth-order valence-electron chi connectivity index (χ4n) is 2.62. The molecule has 2 amide bonds. The molecular formula is C15H13F2N5O2. The fraction of sp³-hybridized carbons (Fsp3) is 0.333. The highest BCUT2D eigenvalue weighted by atomic mass is 19.3. The van der Waals surface area contributed by atoms with Crippen LogP contribution in [0.25, 0.3) is 5.52 Å². The van der Waals surface area contributed by atoms with E-state index in [0.29, 0.717) is 11.1 Å². The number of rotatable bonds is 3. The number of alkyl halides is 2. The molecule has 0 radical (unpaired) electrons. The predicted molar refractivity (Wildman–Crippen MR) is 78.2 cm³/mol. The molecule has 7 nitrogen and oxygen atoms in total.